The summed E-state index contributed by atoms with van der Waals surface area (Å²) >= 11 is 0. The molecule has 0 bridgehead atoms. The Morgan fingerprint density at radius 2 is 2.06 bits per heavy atom. The van der Waals surface area contributed by atoms with Crippen LogP contribution in [0.25, 0.3) is 0 Å². The quantitative estimate of drug-likeness (QED) is 0.887. The molecule has 17 heavy (non-hydrogen) atoms. The van der Waals surface area contributed by atoms with Crippen molar-refractivity contribution in [1.82, 2.24) is 9.78 Å². The van der Waals surface area contributed by atoms with E-state index >= 15 is 0 Å². The molecule has 2 aromatic rings. The summed E-state index contributed by atoms with van der Waals surface area (Å²) in [6.45, 7) is 2.55. The van der Waals surface area contributed by atoms with Gasteiger partial charge in [0.05, 0.1) is 12.7 Å². The summed E-state index contributed by atoms with van der Waals surface area (Å²) in [5.41, 5.74) is 7.76. The number of hydrogen-bond acceptors (Lipinski definition) is 2. The summed E-state index contributed by atoms with van der Waals surface area (Å²) in [6, 6.07) is 3.53. The Labute approximate surface area is 97.9 Å². The molecule has 5 heteroatoms. The zero-order valence-electron chi connectivity index (χ0n) is 9.45. The van der Waals surface area contributed by atoms with E-state index in [9.17, 15) is 8.78 Å². The largest absolute Gasteiger partial charge is 0.326 e. The molecule has 0 saturated heterocycles. The van der Waals surface area contributed by atoms with Gasteiger partial charge in [-0.05, 0) is 13.0 Å². The maximum Gasteiger partial charge on any atom is 0.131 e. The lowest BCUT2D eigenvalue weighted by molar-refractivity contribution is 0.555. The minimum absolute atomic E-state index is 0.276. The standard InChI is InChI=1S/C12H13F2N3/c1-8-10(5-15)6-16-17(8)7-9-2-3-11(13)4-12(9)14/h2-4,6H,5,7,15H2,1H3. The number of nitrogens with two attached hydrogens (primary N) is 1. The molecule has 0 amide bonds. The Balaban J connectivity index is 2.28. The summed E-state index contributed by atoms with van der Waals surface area (Å²) in [5.74, 6) is -1.14. The van der Waals surface area contributed by atoms with Crippen molar-refractivity contribution >= 4 is 0 Å². The second-order valence-electron chi connectivity index (χ2n) is 3.85. The van der Waals surface area contributed by atoms with Crippen LogP contribution in [0, 0.1) is 18.6 Å². The minimum atomic E-state index is -0.578. The van der Waals surface area contributed by atoms with Crippen molar-refractivity contribution in [1.29, 1.82) is 0 Å². The van der Waals surface area contributed by atoms with E-state index in [4.69, 9.17) is 5.73 Å². The van der Waals surface area contributed by atoms with E-state index in [-0.39, 0.29) is 6.54 Å². The highest BCUT2D eigenvalue weighted by Crippen LogP contribution is 2.13. The first kappa shape index (κ1) is 11.7. The van der Waals surface area contributed by atoms with E-state index in [0.29, 0.717) is 12.1 Å². The lowest BCUT2D eigenvalue weighted by atomic mass is 10.2. The van der Waals surface area contributed by atoms with Crippen LogP contribution < -0.4 is 5.73 Å². The molecule has 0 aliphatic heterocycles. The zero-order chi connectivity index (χ0) is 12.4. The van der Waals surface area contributed by atoms with Crippen molar-refractivity contribution in [3.63, 3.8) is 0 Å². The third-order valence-electron chi connectivity index (χ3n) is 2.76. The molecule has 0 atom stereocenters. The number of nitrogens with zero attached hydrogens (tertiary/aromatic N) is 2. The monoisotopic (exact) mass is 237 g/mol. The highest BCUT2D eigenvalue weighted by atomic mass is 19.1. The van der Waals surface area contributed by atoms with Crippen molar-refractivity contribution in [2.75, 3.05) is 0 Å². The second-order valence-corrected chi connectivity index (χ2v) is 3.85. The van der Waals surface area contributed by atoms with Crippen LogP contribution in [0.5, 0.6) is 0 Å². The first-order chi connectivity index (χ1) is 8.11. The molecule has 1 heterocycles. The van der Waals surface area contributed by atoms with Gasteiger partial charge in [0, 0.05) is 29.4 Å². The molecule has 2 N–H and O–H groups in total. The van der Waals surface area contributed by atoms with Crippen molar-refractivity contribution in [2.45, 2.75) is 20.0 Å². The fraction of sp³-hybridized carbons (Fsp3) is 0.250. The molecule has 0 saturated carbocycles. The van der Waals surface area contributed by atoms with Crippen molar-refractivity contribution in [3.05, 3.63) is 52.9 Å². The lowest BCUT2D eigenvalue weighted by Gasteiger charge is -2.06. The summed E-state index contributed by atoms with van der Waals surface area (Å²) in [7, 11) is 0. The molecule has 1 aromatic heterocycles. The number of aromatic nitrogens is 2. The van der Waals surface area contributed by atoms with Gasteiger partial charge in [0.25, 0.3) is 0 Å². The van der Waals surface area contributed by atoms with Gasteiger partial charge in [0.2, 0.25) is 0 Å². The molecule has 90 valence electrons. The van der Waals surface area contributed by atoms with Gasteiger partial charge in [0.1, 0.15) is 11.6 Å². The Hall–Kier alpha value is -1.75. The van der Waals surface area contributed by atoms with Crippen LogP contribution in [0.1, 0.15) is 16.8 Å². The maximum atomic E-state index is 13.5. The van der Waals surface area contributed by atoms with Crippen LogP contribution in [-0.2, 0) is 13.1 Å². The predicted octanol–water partition coefficient (Wildman–Crippen LogP) is 1.98. The number of rotatable bonds is 3. The van der Waals surface area contributed by atoms with Crippen molar-refractivity contribution < 1.29 is 8.78 Å². The molecule has 0 aliphatic carbocycles. The Morgan fingerprint density at radius 1 is 1.29 bits per heavy atom. The van der Waals surface area contributed by atoms with E-state index < -0.39 is 11.6 Å². The van der Waals surface area contributed by atoms with Crippen LogP contribution in [-0.4, -0.2) is 9.78 Å². The first-order valence-electron chi connectivity index (χ1n) is 5.27. The number of halogens is 2. The highest BCUT2D eigenvalue weighted by molar-refractivity contribution is 5.21. The van der Waals surface area contributed by atoms with E-state index in [1.165, 1.54) is 12.1 Å². The maximum absolute atomic E-state index is 13.5. The molecule has 0 fully saturated rings. The van der Waals surface area contributed by atoms with E-state index in [1.54, 1.807) is 10.9 Å². The minimum Gasteiger partial charge on any atom is -0.326 e. The van der Waals surface area contributed by atoms with Crippen molar-refractivity contribution in [3.8, 4) is 0 Å². The summed E-state index contributed by atoms with van der Waals surface area (Å²) in [6.07, 6.45) is 1.66. The molecule has 2 rings (SSSR count). The zero-order valence-corrected chi connectivity index (χ0v) is 9.45. The fourth-order valence-corrected chi connectivity index (χ4v) is 1.66. The molecule has 3 nitrogen and oxygen atoms in total. The average molecular weight is 237 g/mol. The van der Waals surface area contributed by atoms with Gasteiger partial charge < -0.3 is 5.73 Å². The van der Waals surface area contributed by atoms with Gasteiger partial charge in [-0.1, -0.05) is 6.07 Å². The van der Waals surface area contributed by atoms with Gasteiger partial charge in [-0.3, -0.25) is 4.68 Å². The molecule has 0 unspecified atom stereocenters. The third kappa shape index (κ3) is 2.34. The Morgan fingerprint density at radius 3 is 2.65 bits per heavy atom. The molecular weight excluding hydrogens is 224 g/mol. The molecular formula is C12H13F2N3. The van der Waals surface area contributed by atoms with Gasteiger partial charge >= 0.3 is 0 Å². The molecule has 0 spiro atoms. The van der Waals surface area contributed by atoms with Gasteiger partial charge in [-0.25, -0.2) is 8.78 Å². The van der Waals surface area contributed by atoms with E-state index in [0.717, 1.165) is 17.3 Å². The molecule has 0 aliphatic rings. The smallest absolute Gasteiger partial charge is 0.131 e. The normalized spacial score (nSPS) is 10.8. The number of hydrogen-bond donors (Lipinski definition) is 1. The van der Waals surface area contributed by atoms with E-state index in [1.807, 2.05) is 6.92 Å². The van der Waals surface area contributed by atoms with Crippen LogP contribution in [0.3, 0.4) is 0 Å². The highest BCUT2D eigenvalue weighted by Gasteiger charge is 2.08. The predicted molar refractivity (Wildman–Crippen MR) is 60.3 cm³/mol. The topological polar surface area (TPSA) is 43.8 Å². The lowest BCUT2D eigenvalue weighted by Crippen LogP contribution is -2.07. The van der Waals surface area contributed by atoms with Crippen molar-refractivity contribution in [2.24, 2.45) is 5.73 Å². The Kier molecular flexibility index (Phi) is 3.19. The van der Waals surface area contributed by atoms with Crippen LogP contribution >= 0.6 is 0 Å². The van der Waals surface area contributed by atoms with Gasteiger partial charge in [-0.2, -0.15) is 5.10 Å². The Bertz CT molecular complexity index is 535. The molecule has 1 aromatic carbocycles. The van der Waals surface area contributed by atoms with Gasteiger partial charge in [0.15, 0.2) is 0 Å². The summed E-state index contributed by atoms with van der Waals surface area (Å²) in [4.78, 5) is 0. The molecule has 0 radical (unpaired) electrons. The van der Waals surface area contributed by atoms with Crippen LogP contribution in [0.15, 0.2) is 24.4 Å². The fourth-order valence-electron chi connectivity index (χ4n) is 1.66. The van der Waals surface area contributed by atoms with Gasteiger partial charge in [-0.15, -0.1) is 0 Å². The van der Waals surface area contributed by atoms with Crippen LogP contribution in [0.4, 0.5) is 8.78 Å². The average Bonchev–Trinajstić information content (AvgIpc) is 2.64. The summed E-state index contributed by atoms with van der Waals surface area (Å²) in [5, 5.41) is 4.12. The third-order valence-corrected chi connectivity index (χ3v) is 2.76. The van der Waals surface area contributed by atoms with Crippen LogP contribution in [0.2, 0.25) is 0 Å². The number of benzene rings is 1. The SMILES string of the molecule is Cc1c(CN)cnn1Cc1ccc(F)cc1F. The first-order valence-corrected chi connectivity index (χ1v) is 5.27. The summed E-state index contributed by atoms with van der Waals surface area (Å²) < 4.78 is 27.8. The second kappa shape index (κ2) is 4.63. The van der Waals surface area contributed by atoms with E-state index in [2.05, 4.69) is 5.10 Å².